The molecular weight excluding hydrogens is 371 g/mol. The van der Waals surface area contributed by atoms with Gasteiger partial charge in [-0.1, -0.05) is 6.07 Å². The Morgan fingerprint density at radius 3 is 2.67 bits per heavy atom. The highest BCUT2D eigenvalue weighted by Gasteiger charge is 2.29. The van der Waals surface area contributed by atoms with Crippen molar-refractivity contribution in [3.05, 3.63) is 47.3 Å². The van der Waals surface area contributed by atoms with Crippen LogP contribution in [-0.4, -0.2) is 47.2 Å². The molecule has 1 heterocycles. The second-order valence-corrected chi connectivity index (χ2v) is 8.42. The standard InChI is InChI=1S/C19H23FN2O4S/c1-12-5-6-13(20)9-18(12)27(23,24)21-16-7-8-17(25-4)15-10-14(22(2)3)11-26-19(15)16/h5-9,14,21H,10-11H2,1-4H3/t14-/m1/s1. The van der Waals surface area contributed by atoms with Crippen molar-refractivity contribution in [3.8, 4) is 11.5 Å². The molecule has 0 unspecified atom stereocenters. The smallest absolute Gasteiger partial charge is 0.262 e. The van der Waals surface area contributed by atoms with Gasteiger partial charge in [0.1, 0.15) is 23.9 Å². The van der Waals surface area contributed by atoms with Crippen molar-refractivity contribution in [1.29, 1.82) is 0 Å². The summed E-state index contributed by atoms with van der Waals surface area (Å²) in [6, 6.07) is 7.13. The molecular formula is C19H23FN2O4S. The van der Waals surface area contributed by atoms with Crippen molar-refractivity contribution < 1.29 is 22.3 Å². The van der Waals surface area contributed by atoms with Gasteiger partial charge in [0, 0.05) is 11.6 Å². The van der Waals surface area contributed by atoms with Gasteiger partial charge in [0.2, 0.25) is 0 Å². The Bertz CT molecular complexity index is 960. The van der Waals surface area contributed by atoms with E-state index < -0.39 is 15.8 Å². The number of nitrogens with one attached hydrogen (secondary N) is 1. The summed E-state index contributed by atoms with van der Waals surface area (Å²) in [4.78, 5) is 1.95. The fraction of sp³-hybridized carbons (Fsp3) is 0.368. The second kappa shape index (κ2) is 7.36. The number of aryl methyl sites for hydroxylation is 1. The second-order valence-electron chi connectivity index (χ2n) is 6.77. The van der Waals surface area contributed by atoms with Gasteiger partial charge in [-0.05, 0) is 57.3 Å². The fourth-order valence-corrected chi connectivity index (χ4v) is 4.43. The van der Waals surface area contributed by atoms with Crippen molar-refractivity contribution in [2.45, 2.75) is 24.3 Å². The minimum Gasteiger partial charge on any atom is -0.496 e. The summed E-state index contributed by atoms with van der Waals surface area (Å²) in [5.74, 6) is 0.481. The Labute approximate surface area is 159 Å². The van der Waals surface area contributed by atoms with Crippen LogP contribution in [-0.2, 0) is 16.4 Å². The Morgan fingerprint density at radius 1 is 1.26 bits per heavy atom. The van der Waals surface area contributed by atoms with E-state index in [1.807, 2.05) is 14.1 Å². The zero-order valence-electron chi connectivity index (χ0n) is 15.7. The normalized spacial score (nSPS) is 16.6. The Hall–Kier alpha value is -2.32. The topological polar surface area (TPSA) is 67.9 Å². The maximum Gasteiger partial charge on any atom is 0.262 e. The summed E-state index contributed by atoms with van der Waals surface area (Å²) in [6.45, 7) is 2.05. The van der Waals surface area contributed by atoms with Crippen LogP contribution in [0.3, 0.4) is 0 Å². The number of halogens is 1. The molecule has 2 aromatic rings. The van der Waals surface area contributed by atoms with Crippen molar-refractivity contribution in [2.75, 3.05) is 32.5 Å². The number of ether oxygens (including phenoxy) is 2. The number of fused-ring (bicyclic) bond motifs is 1. The molecule has 27 heavy (non-hydrogen) atoms. The van der Waals surface area contributed by atoms with E-state index in [-0.39, 0.29) is 10.9 Å². The van der Waals surface area contributed by atoms with Crippen molar-refractivity contribution >= 4 is 15.7 Å². The largest absolute Gasteiger partial charge is 0.496 e. The van der Waals surface area contributed by atoms with Crippen LogP contribution in [0.1, 0.15) is 11.1 Å². The number of hydrogen-bond acceptors (Lipinski definition) is 5. The third-order valence-electron chi connectivity index (χ3n) is 4.71. The van der Waals surface area contributed by atoms with E-state index in [2.05, 4.69) is 9.62 Å². The molecule has 2 aromatic carbocycles. The highest BCUT2D eigenvalue weighted by molar-refractivity contribution is 7.92. The first-order valence-electron chi connectivity index (χ1n) is 8.51. The van der Waals surface area contributed by atoms with Gasteiger partial charge in [-0.2, -0.15) is 0 Å². The van der Waals surface area contributed by atoms with E-state index in [0.29, 0.717) is 35.8 Å². The molecule has 0 radical (unpaired) electrons. The number of sulfonamides is 1. The minimum absolute atomic E-state index is 0.103. The fourth-order valence-electron chi connectivity index (χ4n) is 3.11. The lowest BCUT2D eigenvalue weighted by atomic mass is 10.00. The molecule has 0 spiro atoms. The van der Waals surface area contributed by atoms with Crippen LogP contribution in [0.5, 0.6) is 11.5 Å². The van der Waals surface area contributed by atoms with Crippen molar-refractivity contribution in [2.24, 2.45) is 0 Å². The maximum absolute atomic E-state index is 13.6. The van der Waals surface area contributed by atoms with Crippen LogP contribution >= 0.6 is 0 Å². The van der Waals surface area contributed by atoms with Gasteiger partial charge in [-0.3, -0.25) is 4.72 Å². The molecule has 1 N–H and O–H groups in total. The quantitative estimate of drug-likeness (QED) is 0.845. The zero-order valence-corrected chi connectivity index (χ0v) is 16.6. The Morgan fingerprint density at radius 2 is 2.00 bits per heavy atom. The highest BCUT2D eigenvalue weighted by atomic mass is 32.2. The molecule has 3 rings (SSSR count). The van der Waals surface area contributed by atoms with Gasteiger partial charge < -0.3 is 14.4 Å². The molecule has 8 heteroatoms. The lowest BCUT2D eigenvalue weighted by Crippen LogP contribution is -2.38. The molecule has 1 atom stereocenters. The number of rotatable bonds is 5. The zero-order chi connectivity index (χ0) is 19.8. The summed E-state index contributed by atoms with van der Waals surface area (Å²) in [5.41, 5.74) is 1.57. The third-order valence-corrected chi connectivity index (χ3v) is 6.22. The lowest BCUT2D eigenvalue weighted by molar-refractivity contribution is 0.164. The summed E-state index contributed by atoms with van der Waals surface area (Å²) in [7, 11) is 1.52. The lowest BCUT2D eigenvalue weighted by Gasteiger charge is -2.32. The van der Waals surface area contributed by atoms with Crippen molar-refractivity contribution in [3.63, 3.8) is 0 Å². The van der Waals surface area contributed by atoms with Gasteiger partial charge in [-0.15, -0.1) is 0 Å². The molecule has 1 aliphatic heterocycles. The highest BCUT2D eigenvalue weighted by Crippen LogP contribution is 2.40. The number of anilines is 1. The van der Waals surface area contributed by atoms with Crippen LogP contribution in [0.15, 0.2) is 35.2 Å². The molecule has 0 saturated heterocycles. The maximum atomic E-state index is 13.6. The molecule has 1 aliphatic rings. The summed E-state index contributed by atoms with van der Waals surface area (Å²) in [6.07, 6.45) is 0.667. The van der Waals surface area contributed by atoms with Crippen LogP contribution in [0.25, 0.3) is 0 Å². The van der Waals surface area contributed by atoms with E-state index in [1.165, 1.54) is 12.1 Å². The van der Waals surface area contributed by atoms with Gasteiger partial charge in [-0.25, -0.2) is 12.8 Å². The molecule has 0 aliphatic carbocycles. The average Bonchev–Trinajstić information content (AvgIpc) is 2.63. The van der Waals surface area contributed by atoms with E-state index in [9.17, 15) is 12.8 Å². The predicted octanol–water partition coefficient (Wildman–Crippen LogP) is 2.81. The summed E-state index contributed by atoms with van der Waals surface area (Å²) >= 11 is 0. The third kappa shape index (κ3) is 3.86. The van der Waals surface area contributed by atoms with E-state index >= 15 is 0 Å². The van der Waals surface area contributed by atoms with E-state index in [4.69, 9.17) is 9.47 Å². The van der Waals surface area contributed by atoms with Gasteiger partial charge in [0.15, 0.2) is 0 Å². The molecule has 0 fully saturated rings. The Kier molecular flexibility index (Phi) is 5.30. The van der Waals surface area contributed by atoms with Crippen LogP contribution in [0, 0.1) is 12.7 Å². The number of likely N-dealkylation sites (N-methyl/N-ethyl adjacent to an activating group) is 1. The molecule has 0 saturated carbocycles. The monoisotopic (exact) mass is 394 g/mol. The van der Waals surface area contributed by atoms with Crippen LogP contribution < -0.4 is 14.2 Å². The molecule has 146 valence electrons. The predicted molar refractivity (Wildman–Crippen MR) is 102 cm³/mol. The molecule has 0 bridgehead atoms. The number of hydrogen-bond donors (Lipinski definition) is 1. The van der Waals surface area contributed by atoms with Crippen LogP contribution in [0.2, 0.25) is 0 Å². The van der Waals surface area contributed by atoms with E-state index in [0.717, 1.165) is 11.6 Å². The average molecular weight is 394 g/mol. The molecule has 6 nitrogen and oxygen atoms in total. The first-order chi connectivity index (χ1) is 12.7. The number of nitrogens with zero attached hydrogens (tertiary/aromatic N) is 1. The first kappa shape index (κ1) is 19.4. The van der Waals surface area contributed by atoms with Crippen molar-refractivity contribution in [1.82, 2.24) is 4.90 Å². The van der Waals surface area contributed by atoms with Gasteiger partial charge in [0.05, 0.1) is 17.7 Å². The number of methoxy groups -OCH3 is 1. The Balaban J connectivity index is 2.01. The van der Waals surface area contributed by atoms with Crippen LogP contribution in [0.4, 0.5) is 10.1 Å². The first-order valence-corrected chi connectivity index (χ1v) is 9.99. The molecule has 0 amide bonds. The molecule has 0 aromatic heterocycles. The van der Waals surface area contributed by atoms with E-state index in [1.54, 1.807) is 26.2 Å². The van der Waals surface area contributed by atoms with Gasteiger partial charge >= 0.3 is 0 Å². The van der Waals surface area contributed by atoms with Gasteiger partial charge in [0.25, 0.3) is 10.0 Å². The number of benzene rings is 2. The summed E-state index contributed by atoms with van der Waals surface area (Å²) < 4.78 is 53.0. The minimum atomic E-state index is -3.97. The summed E-state index contributed by atoms with van der Waals surface area (Å²) in [5, 5.41) is 0. The SMILES string of the molecule is COc1ccc(NS(=O)(=O)c2cc(F)ccc2C)c2c1C[C@@H](N(C)C)CO2.